The molecule has 0 unspecified atom stereocenters. The molecule has 1 N–H and O–H groups in total. The van der Waals surface area contributed by atoms with Crippen molar-refractivity contribution in [2.45, 2.75) is 32.4 Å². The predicted molar refractivity (Wildman–Crippen MR) is 66.4 cm³/mol. The lowest BCUT2D eigenvalue weighted by atomic mass is 10.3. The topological polar surface area (TPSA) is 55.1 Å². The Hall–Kier alpha value is -1.86. The van der Waals surface area contributed by atoms with Gasteiger partial charge in [0.25, 0.3) is 11.6 Å². The van der Waals surface area contributed by atoms with Crippen molar-refractivity contribution >= 4 is 11.6 Å². The largest absolute Gasteiger partial charge is 0.453 e. The van der Waals surface area contributed by atoms with E-state index in [0.29, 0.717) is 18.1 Å². The maximum absolute atomic E-state index is 12.6. The molecular formula is C12H14F3N5. The lowest BCUT2D eigenvalue weighted by Crippen LogP contribution is -2.10. The van der Waals surface area contributed by atoms with Crippen molar-refractivity contribution in [1.29, 1.82) is 0 Å². The third-order valence-electron chi connectivity index (χ3n) is 3.25. The molecule has 20 heavy (non-hydrogen) atoms. The number of hydrogen-bond donors (Lipinski definition) is 1. The summed E-state index contributed by atoms with van der Waals surface area (Å²) in [5, 5.41) is 6.61. The zero-order valence-corrected chi connectivity index (χ0v) is 10.9. The van der Waals surface area contributed by atoms with Crippen LogP contribution in [-0.4, -0.2) is 26.1 Å². The molecule has 0 amide bonds. The fourth-order valence-electron chi connectivity index (χ4n) is 2.04. The second-order valence-electron chi connectivity index (χ2n) is 5.09. The van der Waals surface area contributed by atoms with Crippen LogP contribution < -0.4 is 5.32 Å². The number of fused-ring (bicyclic) bond motifs is 1. The van der Waals surface area contributed by atoms with Crippen LogP contribution in [0.5, 0.6) is 0 Å². The fraction of sp³-hybridized carbons (Fsp3) is 0.583. The molecule has 0 aromatic carbocycles. The zero-order valence-electron chi connectivity index (χ0n) is 10.9. The molecule has 0 saturated heterocycles. The summed E-state index contributed by atoms with van der Waals surface area (Å²) in [6, 6.07) is 1.68. The van der Waals surface area contributed by atoms with Crippen LogP contribution in [0.1, 0.15) is 30.8 Å². The molecule has 0 radical (unpaired) electrons. The molecule has 2 heterocycles. The van der Waals surface area contributed by atoms with Gasteiger partial charge in [-0.3, -0.25) is 0 Å². The number of alkyl halides is 3. The maximum atomic E-state index is 12.6. The molecule has 0 spiro atoms. The van der Waals surface area contributed by atoms with Crippen LogP contribution in [0.15, 0.2) is 6.07 Å². The summed E-state index contributed by atoms with van der Waals surface area (Å²) < 4.78 is 39.0. The highest BCUT2D eigenvalue weighted by Gasteiger charge is 2.36. The summed E-state index contributed by atoms with van der Waals surface area (Å²) >= 11 is 0. The average Bonchev–Trinajstić information content (AvgIpc) is 3.04. The van der Waals surface area contributed by atoms with Crippen LogP contribution in [-0.2, 0) is 6.18 Å². The average molecular weight is 285 g/mol. The van der Waals surface area contributed by atoms with Gasteiger partial charge < -0.3 is 5.32 Å². The first-order valence-electron chi connectivity index (χ1n) is 6.49. The Bertz CT molecular complexity index is 630. The molecule has 0 aliphatic heterocycles. The first-order valence-corrected chi connectivity index (χ1v) is 6.49. The van der Waals surface area contributed by atoms with Crippen LogP contribution in [0.3, 0.4) is 0 Å². The van der Waals surface area contributed by atoms with Gasteiger partial charge in [-0.2, -0.15) is 22.7 Å². The Morgan fingerprint density at radius 1 is 1.35 bits per heavy atom. The van der Waals surface area contributed by atoms with Crippen molar-refractivity contribution in [3.05, 3.63) is 17.6 Å². The van der Waals surface area contributed by atoms with E-state index < -0.39 is 12.0 Å². The third kappa shape index (κ3) is 2.68. The van der Waals surface area contributed by atoms with Crippen molar-refractivity contribution in [2.24, 2.45) is 5.92 Å². The number of aromatic nitrogens is 4. The van der Waals surface area contributed by atoms with Gasteiger partial charge in [-0.15, -0.1) is 5.10 Å². The van der Waals surface area contributed by atoms with Gasteiger partial charge in [-0.1, -0.05) is 12.8 Å². The monoisotopic (exact) mass is 285 g/mol. The van der Waals surface area contributed by atoms with E-state index in [1.807, 2.05) is 0 Å². The van der Waals surface area contributed by atoms with Gasteiger partial charge in [0, 0.05) is 18.3 Å². The smallest absolute Gasteiger partial charge is 0.370 e. The maximum Gasteiger partial charge on any atom is 0.453 e. The number of rotatable bonds is 4. The molecule has 0 atom stereocenters. The summed E-state index contributed by atoms with van der Waals surface area (Å²) in [5.74, 6) is 0.0469. The fourth-order valence-corrected chi connectivity index (χ4v) is 2.04. The van der Waals surface area contributed by atoms with E-state index in [1.165, 1.54) is 12.8 Å². The van der Waals surface area contributed by atoms with Gasteiger partial charge in [0.1, 0.15) is 5.82 Å². The van der Waals surface area contributed by atoms with Crippen LogP contribution in [0.25, 0.3) is 5.78 Å². The van der Waals surface area contributed by atoms with Gasteiger partial charge >= 0.3 is 6.18 Å². The minimum absolute atomic E-state index is 0.0359. The lowest BCUT2D eigenvalue weighted by Gasteiger charge is -2.07. The summed E-state index contributed by atoms with van der Waals surface area (Å²) in [6.07, 6.45) is -1.06. The summed E-state index contributed by atoms with van der Waals surface area (Å²) in [6.45, 7) is 2.43. The van der Waals surface area contributed by atoms with Crippen molar-refractivity contribution in [3.63, 3.8) is 0 Å². The van der Waals surface area contributed by atoms with E-state index in [9.17, 15) is 13.2 Å². The van der Waals surface area contributed by atoms with Crippen LogP contribution in [0.2, 0.25) is 0 Å². The number of aryl methyl sites for hydroxylation is 1. The van der Waals surface area contributed by atoms with Gasteiger partial charge in [0.15, 0.2) is 0 Å². The van der Waals surface area contributed by atoms with Gasteiger partial charge in [0.05, 0.1) is 0 Å². The molecule has 1 saturated carbocycles. The van der Waals surface area contributed by atoms with Crippen molar-refractivity contribution in [2.75, 3.05) is 11.9 Å². The number of anilines is 1. The molecule has 1 fully saturated rings. The number of hydrogen-bond acceptors (Lipinski definition) is 4. The molecule has 108 valence electrons. The lowest BCUT2D eigenvalue weighted by molar-refractivity contribution is -0.144. The molecule has 2 aromatic heterocycles. The Morgan fingerprint density at radius 3 is 2.75 bits per heavy atom. The molecule has 1 aliphatic carbocycles. The Balaban J connectivity index is 1.90. The molecule has 0 bridgehead atoms. The van der Waals surface area contributed by atoms with Gasteiger partial charge in [-0.25, -0.2) is 4.98 Å². The molecule has 3 rings (SSSR count). The minimum atomic E-state index is -4.56. The SMILES string of the molecule is Cc1cc(NCCC2CC2)n2nc(C(F)(F)F)nc2n1. The molecule has 2 aromatic rings. The highest BCUT2D eigenvalue weighted by Crippen LogP contribution is 2.32. The number of halogens is 3. The first kappa shape index (κ1) is 13.1. The Kier molecular flexibility index (Phi) is 3.02. The van der Waals surface area contributed by atoms with E-state index in [1.54, 1.807) is 13.0 Å². The van der Waals surface area contributed by atoms with Crippen molar-refractivity contribution in [1.82, 2.24) is 19.6 Å². The quantitative estimate of drug-likeness (QED) is 0.938. The normalized spacial score (nSPS) is 15.8. The molecule has 8 heteroatoms. The third-order valence-corrected chi connectivity index (χ3v) is 3.25. The van der Waals surface area contributed by atoms with Gasteiger partial charge in [0.2, 0.25) is 0 Å². The van der Waals surface area contributed by atoms with Crippen LogP contribution in [0.4, 0.5) is 19.0 Å². The Labute approximate surface area is 113 Å². The minimum Gasteiger partial charge on any atom is -0.370 e. The highest BCUT2D eigenvalue weighted by molar-refractivity contribution is 5.45. The van der Waals surface area contributed by atoms with Crippen molar-refractivity contribution < 1.29 is 13.2 Å². The zero-order chi connectivity index (χ0) is 14.3. The van der Waals surface area contributed by atoms with E-state index in [2.05, 4.69) is 20.4 Å². The second-order valence-corrected chi connectivity index (χ2v) is 5.09. The number of nitrogens with one attached hydrogen (secondary N) is 1. The number of nitrogens with zero attached hydrogens (tertiary/aromatic N) is 4. The van der Waals surface area contributed by atoms with Crippen LogP contribution in [0, 0.1) is 12.8 Å². The van der Waals surface area contributed by atoms with Crippen LogP contribution >= 0.6 is 0 Å². The highest BCUT2D eigenvalue weighted by atomic mass is 19.4. The summed E-state index contributed by atoms with van der Waals surface area (Å²) in [4.78, 5) is 7.41. The summed E-state index contributed by atoms with van der Waals surface area (Å²) in [5.41, 5.74) is 0.604. The van der Waals surface area contributed by atoms with Gasteiger partial charge in [-0.05, 0) is 19.3 Å². The first-order chi connectivity index (χ1) is 9.43. The molecular weight excluding hydrogens is 271 g/mol. The standard InChI is InChI=1S/C12H14F3N5/c1-7-6-9(16-5-4-8-2-3-8)20-11(17-7)18-10(19-20)12(13,14)15/h6,8,16H,2-5H2,1H3. The predicted octanol–water partition coefficient (Wildman–Crippen LogP) is 2.66. The molecule has 1 aliphatic rings. The van der Waals surface area contributed by atoms with E-state index in [-0.39, 0.29) is 5.78 Å². The van der Waals surface area contributed by atoms with E-state index in [0.717, 1.165) is 16.9 Å². The second kappa shape index (κ2) is 4.60. The van der Waals surface area contributed by atoms with Crippen molar-refractivity contribution in [3.8, 4) is 0 Å². The molecule has 5 nitrogen and oxygen atoms in total. The van der Waals surface area contributed by atoms with E-state index >= 15 is 0 Å². The Morgan fingerprint density at radius 2 is 2.10 bits per heavy atom. The summed E-state index contributed by atoms with van der Waals surface area (Å²) in [7, 11) is 0. The van der Waals surface area contributed by atoms with E-state index in [4.69, 9.17) is 0 Å².